The van der Waals surface area contributed by atoms with E-state index in [9.17, 15) is 8.78 Å². The third-order valence-electron chi connectivity index (χ3n) is 3.99. The maximum Gasteiger partial charge on any atom is 0.191 e. The Labute approximate surface area is 151 Å². The van der Waals surface area contributed by atoms with Crippen molar-refractivity contribution in [2.45, 2.75) is 26.1 Å². The number of aliphatic hydroxyl groups excluding tert-OH is 1. The Hall–Kier alpha value is -2.67. The van der Waals surface area contributed by atoms with Gasteiger partial charge in [0.2, 0.25) is 0 Å². The Balaban J connectivity index is 2.00. The van der Waals surface area contributed by atoms with Gasteiger partial charge in [-0.2, -0.15) is 0 Å². The number of nitrogens with zero attached hydrogens (tertiary/aromatic N) is 1. The molecule has 0 fully saturated rings. The zero-order valence-corrected chi connectivity index (χ0v) is 15.0. The molecule has 0 spiro atoms. The Morgan fingerprint density at radius 1 is 1.19 bits per heavy atom. The van der Waals surface area contributed by atoms with Gasteiger partial charge in [-0.3, -0.25) is 4.99 Å². The summed E-state index contributed by atoms with van der Waals surface area (Å²) in [6.45, 7) is 1.93. The molecule has 0 aliphatic rings. The van der Waals surface area contributed by atoms with Crippen LogP contribution in [-0.2, 0) is 13.2 Å². The van der Waals surface area contributed by atoms with E-state index >= 15 is 0 Å². The Morgan fingerprint density at radius 3 is 2.58 bits per heavy atom. The van der Waals surface area contributed by atoms with Crippen LogP contribution in [0.1, 0.15) is 29.7 Å². The minimum Gasteiger partial charge on any atom is -0.494 e. The van der Waals surface area contributed by atoms with Gasteiger partial charge in [-0.1, -0.05) is 12.1 Å². The van der Waals surface area contributed by atoms with Crippen LogP contribution in [0.15, 0.2) is 41.4 Å². The van der Waals surface area contributed by atoms with E-state index in [-0.39, 0.29) is 24.0 Å². The van der Waals surface area contributed by atoms with E-state index in [1.807, 2.05) is 6.92 Å². The van der Waals surface area contributed by atoms with Gasteiger partial charge in [-0.15, -0.1) is 0 Å². The van der Waals surface area contributed by atoms with Crippen LogP contribution in [0.4, 0.5) is 8.78 Å². The first-order valence-corrected chi connectivity index (χ1v) is 8.17. The highest BCUT2D eigenvalue weighted by molar-refractivity contribution is 5.80. The van der Waals surface area contributed by atoms with E-state index in [0.717, 1.165) is 11.1 Å². The van der Waals surface area contributed by atoms with Crippen LogP contribution in [0, 0.1) is 11.6 Å². The Morgan fingerprint density at radius 2 is 1.96 bits per heavy atom. The molecule has 0 aromatic heterocycles. The number of ether oxygens (including phenoxy) is 1. The molecular formula is C19H23F2N3O2. The lowest BCUT2D eigenvalue weighted by atomic mass is 10.1. The lowest BCUT2D eigenvalue weighted by Gasteiger charge is -2.19. The summed E-state index contributed by atoms with van der Waals surface area (Å²) < 4.78 is 32.2. The second kappa shape index (κ2) is 9.15. The first-order valence-electron chi connectivity index (χ1n) is 8.17. The van der Waals surface area contributed by atoms with Crippen molar-refractivity contribution < 1.29 is 18.6 Å². The van der Waals surface area contributed by atoms with Crippen molar-refractivity contribution in [3.63, 3.8) is 0 Å². The number of aliphatic hydroxyl groups is 1. The molecule has 2 aromatic rings. The number of benzene rings is 2. The number of hydrogen-bond donors (Lipinski definition) is 3. The fraction of sp³-hybridized carbons (Fsp3) is 0.316. The van der Waals surface area contributed by atoms with Gasteiger partial charge >= 0.3 is 0 Å². The summed E-state index contributed by atoms with van der Waals surface area (Å²) in [7, 11) is 3.05. The minimum absolute atomic E-state index is 0.192. The third-order valence-corrected chi connectivity index (χ3v) is 3.99. The van der Waals surface area contributed by atoms with Crippen LogP contribution >= 0.6 is 0 Å². The van der Waals surface area contributed by atoms with Gasteiger partial charge in [0.1, 0.15) is 5.82 Å². The highest BCUT2D eigenvalue weighted by atomic mass is 19.1. The number of aliphatic imine (C=N–C) groups is 1. The van der Waals surface area contributed by atoms with Gasteiger partial charge in [0.15, 0.2) is 17.5 Å². The maximum atomic E-state index is 13.9. The number of guanidine groups is 1. The topological polar surface area (TPSA) is 65.9 Å². The normalized spacial score (nSPS) is 12.6. The van der Waals surface area contributed by atoms with Crippen LogP contribution in [0.5, 0.6) is 5.75 Å². The molecule has 1 unspecified atom stereocenters. The van der Waals surface area contributed by atoms with Crippen molar-refractivity contribution >= 4 is 5.96 Å². The van der Waals surface area contributed by atoms with Crippen molar-refractivity contribution in [3.8, 4) is 5.75 Å². The fourth-order valence-electron chi connectivity index (χ4n) is 2.48. The van der Waals surface area contributed by atoms with Crippen LogP contribution < -0.4 is 15.4 Å². The average molecular weight is 363 g/mol. The smallest absolute Gasteiger partial charge is 0.191 e. The summed E-state index contributed by atoms with van der Waals surface area (Å²) in [6.07, 6.45) is 0. The predicted octanol–water partition coefficient (Wildman–Crippen LogP) is 2.89. The van der Waals surface area contributed by atoms with Gasteiger partial charge in [0, 0.05) is 19.2 Å². The minimum atomic E-state index is -0.436. The molecule has 0 radical (unpaired) electrons. The van der Waals surface area contributed by atoms with Crippen LogP contribution in [0.25, 0.3) is 0 Å². The van der Waals surface area contributed by atoms with E-state index in [2.05, 4.69) is 15.6 Å². The molecule has 0 saturated carbocycles. The molecule has 26 heavy (non-hydrogen) atoms. The van der Waals surface area contributed by atoms with Crippen molar-refractivity contribution in [1.29, 1.82) is 0 Å². The highest BCUT2D eigenvalue weighted by Gasteiger charge is 2.11. The molecule has 0 heterocycles. The Bertz CT molecular complexity index is 781. The molecule has 140 valence electrons. The van der Waals surface area contributed by atoms with Gasteiger partial charge in [-0.25, -0.2) is 8.78 Å². The summed E-state index contributed by atoms with van der Waals surface area (Å²) >= 11 is 0. The summed E-state index contributed by atoms with van der Waals surface area (Å²) in [4.78, 5) is 4.14. The predicted molar refractivity (Wildman–Crippen MR) is 97.0 cm³/mol. The van der Waals surface area contributed by atoms with E-state index in [4.69, 9.17) is 9.84 Å². The zero-order valence-electron chi connectivity index (χ0n) is 15.0. The van der Waals surface area contributed by atoms with Crippen molar-refractivity contribution in [2.24, 2.45) is 4.99 Å². The summed E-state index contributed by atoms with van der Waals surface area (Å²) in [5.74, 6) is -0.151. The second-order valence-corrected chi connectivity index (χ2v) is 5.77. The lowest BCUT2D eigenvalue weighted by molar-refractivity contribution is 0.275. The molecule has 3 N–H and O–H groups in total. The quantitative estimate of drug-likeness (QED) is 0.545. The van der Waals surface area contributed by atoms with E-state index in [0.29, 0.717) is 12.5 Å². The lowest BCUT2D eigenvalue weighted by Crippen LogP contribution is -2.38. The van der Waals surface area contributed by atoms with Crippen LogP contribution in [0.3, 0.4) is 0 Å². The maximum absolute atomic E-state index is 13.9. The number of nitrogens with one attached hydrogen (secondary N) is 2. The van der Waals surface area contributed by atoms with Crippen molar-refractivity contribution in [3.05, 3.63) is 64.7 Å². The second-order valence-electron chi connectivity index (χ2n) is 5.77. The SMILES string of the molecule is CN=C(NCc1ccc(F)c(CO)c1)NC(C)c1ccc(OC)c(F)c1. The molecule has 0 aliphatic carbocycles. The van der Waals surface area contributed by atoms with Crippen LogP contribution in [0.2, 0.25) is 0 Å². The fourth-order valence-corrected chi connectivity index (χ4v) is 2.48. The molecule has 1 atom stereocenters. The van der Waals surface area contributed by atoms with Gasteiger partial charge in [0.25, 0.3) is 0 Å². The standard InChI is InChI=1S/C19H23F2N3O2/c1-12(14-5-7-18(26-3)17(21)9-14)24-19(22-2)23-10-13-4-6-16(20)15(8-13)11-25/h4-9,12,25H,10-11H2,1-3H3,(H2,22,23,24). The van der Waals surface area contributed by atoms with Gasteiger partial charge < -0.3 is 20.5 Å². The molecule has 5 nitrogen and oxygen atoms in total. The molecule has 0 saturated heterocycles. The van der Waals surface area contributed by atoms with E-state index < -0.39 is 11.6 Å². The summed E-state index contributed by atoms with van der Waals surface area (Å²) in [5, 5.41) is 15.4. The number of hydrogen-bond acceptors (Lipinski definition) is 3. The average Bonchev–Trinajstić information content (AvgIpc) is 2.65. The Kier molecular flexibility index (Phi) is 6.91. The number of halogens is 2. The van der Waals surface area contributed by atoms with Crippen LogP contribution in [-0.4, -0.2) is 25.2 Å². The molecule has 2 rings (SSSR count). The summed E-state index contributed by atoms with van der Waals surface area (Å²) in [6, 6.07) is 9.13. The van der Waals surface area contributed by atoms with Crippen molar-refractivity contribution in [2.75, 3.05) is 14.2 Å². The van der Waals surface area contributed by atoms with Crippen molar-refractivity contribution in [1.82, 2.24) is 10.6 Å². The van der Waals surface area contributed by atoms with E-state index in [1.54, 1.807) is 31.3 Å². The largest absolute Gasteiger partial charge is 0.494 e. The third kappa shape index (κ3) is 4.92. The molecule has 0 bridgehead atoms. The summed E-state index contributed by atoms with van der Waals surface area (Å²) in [5.41, 5.74) is 1.80. The first kappa shape index (κ1) is 19.7. The van der Waals surface area contributed by atoms with E-state index in [1.165, 1.54) is 19.2 Å². The molecule has 0 amide bonds. The number of methoxy groups -OCH3 is 1. The number of rotatable bonds is 6. The van der Waals surface area contributed by atoms with Gasteiger partial charge in [0.05, 0.1) is 19.8 Å². The molecule has 0 aliphatic heterocycles. The van der Waals surface area contributed by atoms with Gasteiger partial charge in [-0.05, 0) is 42.3 Å². The molecular weight excluding hydrogens is 340 g/mol. The highest BCUT2D eigenvalue weighted by Crippen LogP contribution is 2.21. The monoisotopic (exact) mass is 363 g/mol. The zero-order chi connectivity index (χ0) is 19.1. The first-order chi connectivity index (χ1) is 12.5. The molecule has 7 heteroatoms. The molecule has 2 aromatic carbocycles.